The summed E-state index contributed by atoms with van der Waals surface area (Å²) < 4.78 is 24.5. The first-order chi connectivity index (χ1) is 10.3. The fraction of sp³-hybridized carbons (Fsp3) is 0.533. The minimum absolute atomic E-state index is 0. The molecule has 8 heteroatoms. The lowest BCUT2D eigenvalue weighted by molar-refractivity contribution is -0.125. The van der Waals surface area contributed by atoms with E-state index < -0.39 is 15.4 Å². The quantitative estimate of drug-likeness (QED) is 0.656. The molecule has 132 valence electrons. The van der Waals surface area contributed by atoms with Gasteiger partial charge in [0, 0.05) is 18.8 Å². The molecule has 0 aromatic heterocycles. The van der Waals surface area contributed by atoms with Crippen molar-refractivity contribution >= 4 is 34.0 Å². The summed E-state index contributed by atoms with van der Waals surface area (Å²) in [6.07, 6.45) is 2.48. The number of carbonyl (C=O) groups is 1. The second-order valence-electron chi connectivity index (χ2n) is 5.44. The Balaban J connectivity index is 0.00000484. The van der Waals surface area contributed by atoms with Crippen molar-refractivity contribution in [3.8, 4) is 0 Å². The summed E-state index contributed by atoms with van der Waals surface area (Å²) in [5.74, 6) is -0.0815. The first-order valence-electron chi connectivity index (χ1n) is 7.31. The predicted molar refractivity (Wildman–Crippen MR) is 96.1 cm³/mol. The van der Waals surface area contributed by atoms with Crippen LogP contribution < -0.4 is 15.8 Å². The Morgan fingerprint density at radius 3 is 2.09 bits per heavy atom. The minimum atomic E-state index is -3.21. The van der Waals surface area contributed by atoms with Crippen molar-refractivity contribution in [2.75, 3.05) is 18.1 Å². The van der Waals surface area contributed by atoms with Gasteiger partial charge in [0.2, 0.25) is 15.9 Å². The van der Waals surface area contributed by atoms with Crippen LogP contribution in [-0.2, 0) is 21.4 Å². The van der Waals surface area contributed by atoms with Crippen LogP contribution in [-0.4, -0.2) is 27.1 Å². The first kappa shape index (κ1) is 21.9. The summed E-state index contributed by atoms with van der Waals surface area (Å²) in [5, 5.41) is 2.88. The monoisotopic (exact) mass is 363 g/mol. The van der Waals surface area contributed by atoms with Crippen LogP contribution in [0.25, 0.3) is 0 Å². The molecular formula is C15H26ClN3O3S. The molecule has 0 bridgehead atoms. The number of benzene rings is 1. The highest BCUT2D eigenvalue weighted by molar-refractivity contribution is 7.88. The summed E-state index contributed by atoms with van der Waals surface area (Å²) in [4.78, 5) is 12.4. The second kappa shape index (κ2) is 9.22. The highest BCUT2D eigenvalue weighted by Crippen LogP contribution is 2.27. The Kier molecular flexibility index (Phi) is 8.76. The number of nitrogens with one attached hydrogen (secondary N) is 2. The molecule has 0 heterocycles. The van der Waals surface area contributed by atoms with Gasteiger partial charge in [0.15, 0.2) is 0 Å². The molecule has 0 radical (unpaired) electrons. The molecule has 0 fully saturated rings. The number of nitrogens with two attached hydrogens (primary N) is 1. The maximum absolute atomic E-state index is 12.4. The summed E-state index contributed by atoms with van der Waals surface area (Å²) in [5.41, 5.74) is 6.71. The van der Waals surface area contributed by atoms with E-state index in [1.54, 1.807) is 24.3 Å². The number of hydrogen-bond acceptors (Lipinski definition) is 4. The molecule has 4 N–H and O–H groups in total. The highest BCUT2D eigenvalue weighted by Gasteiger charge is 2.33. The van der Waals surface area contributed by atoms with Gasteiger partial charge < -0.3 is 11.1 Å². The Labute approximate surface area is 144 Å². The van der Waals surface area contributed by atoms with Crippen molar-refractivity contribution in [1.82, 2.24) is 4.72 Å². The Morgan fingerprint density at radius 1 is 1.17 bits per heavy atom. The molecule has 1 aromatic rings. The van der Waals surface area contributed by atoms with E-state index >= 15 is 0 Å². The van der Waals surface area contributed by atoms with Crippen molar-refractivity contribution in [3.63, 3.8) is 0 Å². The predicted octanol–water partition coefficient (Wildman–Crippen LogP) is 1.86. The number of rotatable bonds is 8. The molecular weight excluding hydrogens is 338 g/mol. The van der Waals surface area contributed by atoms with Crippen molar-refractivity contribution < 1.29 is 13.2 Å². The SMILES string of the molecule is CCC(CC)(CN)C(=O)Nc1ccc(CNS(C)(=O)=O)cc1.Cl. The fourth-order valence-corrected chi connectivity index (χ4v) is 2.57. The topological polar surface area (TPSA) is 101 Å². The van der Waals surface area contributed by atoms with Crippen molar-refractivity contribution in [3.05, 3.63) is 29.8 Å². The molecule has 0 aliphatic heterocycles. The molecule has 23 heavy (non-hydrogen) atoms. The number of halogens is 1. The van der Waals surface area contributed by atoms with Crippen molar-refractivity contribution in [2.45, 2.75) is 33.2 Å². The fourth-order valence-electron chi connectivity index (χ4n) is 2.14. The van der Waals surface area contributed by atoms with Gasteiger partial charge in [-0.3, -0.25) is 4.79 Å². The number of carbonyl (C=O) groups excluding carboxylic acids is 1. The van der Waals surface area contributed by atoms with Crippen LogP contribution in [0.5, 0.6) is 0 Å². The zero-order chi connectivity index (χ0) is 16.8. The van der Waals surface area contributed by atoms with Gasteiger partial charge in [0.25, 0.3) is 0 Å². The molecule has 0 saturated heterocycles. The van der Waals surface area contributed by atoms with Crippen LogP contribution in [0, 0.1) is 5.41 Å². The lowest BCUT2D eigenvalue weighted by Crippen LogP contribution is -2.41. The summed E-state index contributed by atoms with van der Waals surface area (Å²) in [7, 11) is -3.21. The molecule has 1 rings (SSSR count). The third-order valence-corrected chi connectivity index (χ3v) is 4.64. The van der Waals surface area contributed by atoms with Gasteiger partial charge in [0.1, 0.15) is 0 Å². The van der Waals surface area contributed by atoms with Gasteiger partial charge in [0.05, 0.1) is 11.7 Å². The molecule has 0 aliphatic rings. The van der Waals surface area contributed by atoms with E-state index in [1.807, 2.05) is 13.8 Å². The summed E-state index contributed by atoms with van der Waals surface area (Å²) in [6, 6.07) is 7.05. The zero-order valence-corrected chi connectivity index (χ0v) is 15.4. The van der Waals surface area contributed by atoms with Crippen LogP contribution in [0.15, 0.2) is 24.3 Å². The Morgan fingerprint density at radius 2 is 1.70 bits per heavy atom. The van der Waals surface area contributed by atoms with E-state index in [4.69, 9.17) is 5.73 Å². The Bertz CT molecular complexity index is 591. The molecule has 0 atom stereocenters. The van der Waals surface area contributed by atoms with Gasteiger partial charge in [-0.25, -0.2) is 13.1 Å². The number of anilines is 1. The normalized spacial score (nSPS) is 11.7. The van der Waals surface area contributed by atoms with E-state index in [-0.39, 0.29) is 24.9 Å². The van der Waals surface area contributed by atoms with E-state index in [0.717, 1.165) is 11.8 Å². The van der Waals surface area contributed by atoms with Crippen molar-refractivity contribution in [1.29, 1.82) is 0 Å². The van der Waals surface area contributed by atoms with Crippen LogP contribution in [0.2, 0.25) is 0 Å². The molecule has 0 aliphatic carbocycles. The first-order valence-corrected chi connectivity index (χ1v) is 9.20. The second-order valence-corrected chi connectivity index (χ2v) is 7.27. The van der Waals surface area contributed by atoms with E-state index in [2.05, 4.69) is 10.0 Å². The lowest BCUT2D eigenvalue weighted by atomic mass is 9.81. The van der Waals surface area contributed by atoms with Crippen LogP contribution in [0.4, 0.5) is 5.69 Å². The van der Waals surface area contributed by atoms with Gasteiger partial charge in [-0.2, -0.15) is 0 Å². The van der Waals surface area contributed by atoms with Gasteiger partial charge >= 0.3 is 0 Å². The van der Waals surface area contributed by atoms with E-state index in [9.17, 15) is 13.2 Å². The largest absolute Gasteiger partial charge is 0.329 e. The Hall–Kier alpha value is -1.15. The molecule has 0 spiro atoms. The molecule has 6 nitrogen and oxygen atoms in total. The maximum atomic E-state index is 12.4. The van der Waals surface area contributed by atoms with Crippen LogP contribution >= 0.6 is 12.4 Å². The third-order valence-electron chi connectivity index (χ3n) is 3.98. The molecule has 0 unspecified atom stereocenters. The average molecular weight is 364 g/mol. The average Bonchev–Trinajstić information content (AvgIpc) is 2.48. The minimum Gasteiger partial charge on any atom is -0.329 e. The smallest absolute Gasteiger partial charge is 0.231 e. The highest BCUT2D eigenvalue weighted by atomic mass is 35.5. The zero-order valence-electron chi connectivity index (χ0n) is 13.8. The molecule has 0 saturated carbocycles. The number of hydrogen-bond donors (Lipinski definition) is 3. The summed E-state index contributed by atoms with van der Waals surface area (Å²) >= 11 is 0. The van der Waals surface area contributed by atoms with E-state index in [1.165, 1.54) is 0 Å². The van der Waals surface area contributed by atoms with E-state index in [0.29, 0.717) is 25.1 Å². The van der Waals surface area contributed by atoms with Gasteiger partial charge in [-0.05, 0) is 30.5 Å². The standard InChI is InChI=1S/C15H25N3O3S.ClH/c1-4-15(5-2,11-16)14(19)18-13-8-6-12(7-9-13)10-17-22(3,20)21;/h6-9,17H,4-5,10-11,16H2,1-3H3,(H,18,19);1H. The number of amides is 1. The van der Waals surface area contributed by atoms with Crippen LogP contribution in [0.1, 0.15) is 32.3 Å². The maximum Gasteiger partial charge on any atom is 0.231 e. The number of sulfonamides is 1. The summed E-state index contributed by atoms with van der Waals surface area (Å²) in [6.45, 7) is 4.44. The molecule has 1 amide bonds. The lowest BCUT2D eigenvalue weighted by Gasteiger charge is -2.28. The van der Waals surface area contributed by atoms with Gasteiger partial charge in [-0.1, -0.05) is 26.0 Å². The van der Waals surface area contributed by atoms with Gasteiger partial charge in [-0.15, -0.1) is 12.4 Å². The third kappa shape index (κ3) is 6.47. The van der Waals surface area contributed by atoms with Crippen LogP contribution in [0.3, 0.4) is 0 Å². The molecule has 1 aromatic carbocycles. The van der Waals surface area contributed by atoms with Crippen molar-refractivity contribution in [2.24, 2.45) is 11.1 Å².